The number of hydrogen-bond acceptors (Lipinski definition) is 5. The van der Waals surface area contributed by atoms with Crippen molar-refractivity contribution in [3.05, 3.63) is 109 Å². The molecule has 1 aromatic carbocycles. The second kappa shape index (κ2) is 8.56. The van der Waals surface area contributed by atoms with Gasteiger partial charge in [-0.15, -0.1) is 22.7 Å². The molecule has 5 rings (SSSR count). The van der Waals surface area contributed by atoms with E-state index in [0.717, 1.165) is 41.4 Å². The van der Waals surface area contributed by atoms with Crippen LogP contribution in [0.1, 0.15) is 21.2 Å². The maximum atomic E-state index is 9.89. The van der Waals surface area contributed by atoms with Crippen LogP contribution in [0.5, 0.6) is 0 Å². The highest BCUT2D eigenvalue weighted by Gasteiger charge is 2.40. The molecule has 0 bridgehead atoms. The second-order valence-electron chi connectivity index (χ2n) is 7.75. The Morgan fingerprint density at radius 1 is 1.06 bits per heavy atom. The minimum Gasteiger partial charge on any atom is -0.440 e. The lowest BCUT2D eigenvalue weighted by Crippen LogP contribution is -3.12. The molecule has 0 radical (unpaired) electrons. The predicted molar refractivity (Wildman–Crippen MR) is 125 cm³/mol. The SMILES string of the molecule is N#CC1=C(N)OC2=C(C[NH+](Cc3ccccc3)C/C2=C/c2cccs2)[C@@H]1c1cccs1. The number of nitrogens with two attached hydrogens (primary N) is 1. The smallest absolute Gasteiger partial charge is 0.205 e. The Bertz CT molecular complexity index is 1200. The van der Waals surface area contributed by atoms with Crippen molar-refractivity contribution in [2.75, 3.05) is 13.1 Å². The Morgan fingerprint density at radius 2 is 1.87 bits per heavy atom. The Balaban J connectivity index is 1.60. The molecule has 0 saturated carbocycles. The van der Waals surface area contributed by atoms with Gasteiger partial charge in [-0.3, -0.25) is 0 Å². The number of nitrogens with one attached hydrogen (secondary N) is 1. The third-order valence-corrected chi connectivity index (χ3v) is 7.44. The highest BCUT2D eigenvalue weighted by atomic mass is 32.1. The van der Waals surface area contributed by atoms with Crippen molar-refractivity contribution in [1.29, 1.82) is 5.26 Å². The van der Waals surface area contributed by atoms with Gasteiger partial charge in [-0.2, -0.15) is 5.26 Å². The molecule has 0 spiro atoms. The van der Waals surface area contributed by atoms with Crippen LogP contribution in [-0.4, -0.2) is 13.1 Å². The molecule has 2 aromatic heterocycles. The molecule has 2 atom stereocenters. The van der Waals surface area contributed by atoms with Gasteiger partial charge in [-0.1, -0.05) is 42.5 Å². The number of rotatable bonds is 4. The predicted octanol–water partition coefficient (Wildman–Crippen LogP) is 4.05. The maximum absolute atomic E-state index is 9.89. The molecule has 3 N–H and O–H groups in total. The van der Waals surface area contributed by atoms with Crippen molar-refractivity contribution < 1.29 is 9.64 Å². The number of quaternary nitrogens is 1. The first-order valence-electron chi connectivity index (χ1n) is 10.2. The molecule has 2 aliphatic rings. The van der Waals surface area contributed by atoms with E-state index in [2.05, 4.69) is 65.4 Å². The summed E-state index contributed by atoms with van der Waals surface area (Å²) in [4.78, 5) is 3.75. The van der Waals surface area contributed by atoms with Crippen molar-refractivity contribution in [3.8, 4) is 6.07 Å². The van der Waals surface area contributed by atoms with Crippen molar-refractivity contribution >= 4 is 28.7 Å². The molecule has 0 amide bonds. The van der Waals surface area contributed by atoms with E-state index in [9.17, 15) is 5.26 Å². The molecule has 31 heavy (non-hydrogen) atoms. The summed E-state index contributed by atoms with van der Waals surface area (Å²) in [5.41, 5.74) is 10.4. The van der Waals surface area contributed by atoms with Gasteiger partial charge in [0.2, 0.25) is 5.88 Å². The van der Waals surface area contributed by atoms with Gasteiger partial charge < -0.3 is 15.4 Å². The van der Waals surface area contributed by atoms with Crippen LogP contribution in [0.25, 0.3) is 6.08 Å². The van der Waals surface area contributed by atoms with Crippen molar-refractivity contribution in [3.63, 3.8) is 0 Å². The quantitative estimate of drug-likeness (QED) is 0.638. The number of nitrogens with zero attached hydrogens (tertiary/aromatic N) is 1. The monoisotopic (exact) mass is 444 g/mol. The highest BCUT2D eigenvalue weighted by molar-refractivity contribution is 7.10. The molecule has 4 heterocycles. The maximum Gasteiger partial charge on any atom is 0.205 e. The highest BCUT2D eigenvalue weighted by Crippen LogP contribution is 2.43. The molecular formula is C25H22N3OS2+. The number of benzene rings is 1. The van der Waals surface area contributed by atoms with Gasteiger partial charge in [0.1, 0.15) is 37.0 Å². The summed E-state index contributed by atoms with van der Waals surface area (Å²) in [6, 6.07) is 21.2. The zero-order valence-electron chi connectivity index (χ0n) is 16.9. The van der Waals surface area contributed by atoms with E-state index in [0.29, 0.717) is 5.57 Å². The number of nitriles is 1. The number of thiophene rings is 2. The zero-order chi connectivity index (χ0) is 21.2. The zero-order valence-corrected chi connectivity index (χ0v) is 18.5. The minimum atomic E-state index is -0.147. The third-order valence-electron chi connectivity index (χ3n) is 5.68. The number of ether oxygens (including phenoxy) is 1. The molecule has 6 heteroatoms. The lowest BCUT2D eigenvalue weighted by atomic mass is 9.83. The standard InChI is InChI=1S/C25H21N3OS2/c26-13-20-23(22-9-5-11-31-22)21-16-28(14-17-6-2-1-3-7-17)15-18(24(21)29-25(20)27)12-19-8-4-10-30-19/h1-12,23H,14-16,27H2/p+1/b18-12-/t23-/m1/s1. The van der Waals surface area contributed by atoms with Crippen LogP contribution in [-0.2, 0) is 11.3 Å². The summed E-state index contributed by atoms with van der Waals surface area (Å²) in [7, 11) is 0. The van der Waals surface area contributed by atoms with Crippen molar-refractivity contribution in [2.24, 2.45) is 5.73 Å². The fourth-order valence-corrected chi connectivity index (χ4v) is 5.92. The molecule has 0 aliphatic carbocycles. The van der Waals surface area contributed by atoms with Crippen LogP contribution in [0.4, 0.5) is 0 Å². The molecular weight excluding hydrogens is 422 g/mol. The first kappa shape index (κ1) is 19.8. The Morgan fingerprint density at radius 3 is 2.58 bits per heavy atom. The topological polar surface area (TPSA) is 63.5 Å². The van der Waals surface area contributed by atoms with Gasteiger partial charge in [-0.25, -0.2) is 0 Å². The Hall–Kier alpha value is -3.11. The van der Waals surface area contributed by atoms with E-state index in [4.69, 9.17) is 10.5 Å². The fourth-order valence-electron chi connectivity index (χ4n) is 4.37. The van der Waals surface area contributed by atoms with Crippen molar-refractivity contribution in [1.82, 2.24) is 0 Å². The first-order valence-corrected chi connectivity index (χ1v) is 11.9. The van der Waals surface area contributed by atoms with Crippen LogP contribution in [0.3, 0.4) is 0 Å². The third kappa shape index (κ3) is 3.96. The van der Waals surface area contributed by atoms with Gasteiger partial charge in [0.15, 0.2) is 0 Å². The molecule has 154 valence electrons. The van der Waals surface area contributed by atoms with E-state index in [1.807, 2.05) is 12.1 Å². The normalized spacial score (nSPS) is 22.2. The van der Waals surface area contributed by atoms with E-state index < -0.39 is 0 Å². The van der Waals surface area contributed by atoms with Crippen LogP contribution in [0.15, 0.2) is 93.7 Å². The lowest BCUT2D eigenvalue weighted by Gasteiger charge is -2.35. The molecule has 0 fully saturated rings. The van der Waals surface area contributed by atoms with Crippen LogP contribution < -0.4 is 10.6 Å². The summed E-state index contributed by atoms with van der Waals surface area (Å²) in [6.07, 6.45) is 2.21. The van der Waals surface area contributed by atoms with Crippen LogP contribution in [0.2, 0.25) is 0 Å². The van der Waals surface area contributed by atoms with Gasteiger partial charge in [0.25, 0.3) is 0 Å². The average Bonchev–Trinajstić information content (AvgIpc) is 3.48. The summed E-state index contributed by atoms with van der Waals surface area (Å²) < 4.78 is 6.12. The number of allylic oxidation sites excluding steroid dienone is 1. The average molecular weight is 445 g/mol. The summed E-state index contributed by atoms with van der Waals surface area (Å²) in [6.45, 7) is 2.57. The minimum absolute atomic E-state index is 0.147. The van der Waals surface area contributed by atoms with Gasteiger partial charge in [0.05, 0.1) is 11.5 Å². The molecule has 4 nitrogen and oxygen atoms in total. The van der Waals surface area contributed by atoms with E-state index in [-0.39, 0.29) is 11.8 Å². The molecule has 1 unspecified atom stereocenters. The van der Waals surface area contributed by atoms with E-state index >= 15 is 0 Å². The second-order valence-corrected chi connectivity index (χ2v) is 9.70. The van der Waals surface area contributed by atoms with Gasteiger partial charge in [-0.05, 0) is 29.0 Å². The van der Waals surface area contributed by atoms with E-state index in [1.54, 1.807) is 22.7 Å². The Kier molecular flexibility index (Phi) is 5.47. The van der Waals surface area contributed by atoms with Crippen LogP contribution in [0, 0.1) is 11.3 Å². The van der Waals surface area contributed by atoms with E-state index in [1.165, 1.54) is 15.3 Å². The van der Waals surface area contributed by atoms with Gasteiger partial charge in [0, 0.05) is 20.9 Å². The Labute approximate surface area is 189 Å². The molecule has 0 saturated heterocycles. The van der Waals surface area contributed by atoms with Crippen molar-refractivity contribution in [2.45, 2.75) is 12.5 Å². The molecule has 2 aliphatic heterocycles. The van der Waals surface area contributed by atoms with Gasteiger partial charge >= 0.3 is 0 Å². The largest absolute Gasteiger partial charge is 0.440 e. The summed E-state index contributed by atoms with van der Waals surface area (Å²) >= 11 is 3.37. The molecule has 3 aromatic rings. The van der Waals surface area contributed by atoms with Crippen LogP contribution >= 0.6 is 22.7 Å². The summed E-state index contributed by atoms with van der Waals surface area (Å²) in [5.74, 6) is 0.926. The first-order chi connectivity index (χ1) is 15.2. The fraction of sp³-hybridized carbons (Fsp3) is 0.160. The summed E-state index contributed by atoms with van der Waals surface area (Å²) in [5, 5.41) is 14.0. The lowest BCUT2D eigenvalue weighted by molar-refractivity contribution is -0.906. The number of hydrogen-bond donors (Lipinski definition) is 2.